The van der Waals surface area contributed by atoms with E-state index in [0.29, 0.717) is 27.6 Å². The van der Waals surface area contributed by atoms with E-state index in [0.717, 1.165) is 12.0 Å². The Morgan fingerprint density at radius 2 is 1.76 bits per heavy atom. The van der Waals surface area contributed by atoms with E-state index >= 15 is 0 Å². The summed E-state index contributed by atoms with van der Waals surface area (Å²) in [6.45, 7) is 3.68. The fourth-order valence-electron chi connectivity index (χ4n) is 3.60. The third-order valence-electron chi connectivity index (χ3n) is 5.39. The molecule has 0 radical (unpaired) electrons. The van der Waals surface area contributed by atoms with Gasteiger partial charge in [-0.05, 0) is 43.2 Å². The van der Waals surface area contributed by atoms with Crippen LogP contribution in [0.4, 0.5) is 5.69 Å². The Balaban J connectivity index is 1.76. The van der Waals surface area contributed by atoms with Crippen molar-refractivity contribution >= 4 is 40.0 Å². The van der Waals surface area contributed by atoms with Crippen LogP contribution < -0.4 is 10.7 Å². The van der Waals surface area contributed by atoms with Crippen molar-refractivity contribution in [2.75, 3.05) is 5.32 Å². The van der Waals surface area contributed by atoms with Gasteiger partial charge in [-0.1, -0.05) is 54.9 Å². The van der Waals surface area contributed by atoms with Crippen molar-refractivity contribution in [2.45, 2.75) is 26.8 Å². The molecular weight excluding hydrogens is 438 g/mol. The number of hydrogen-bond acceptors (Lipinski definition) is 4. The molecular formula is C26H22ClN3O3. The van der Waals surface area contributed by atoms with Crippen molar-refractivity contribution in [3.63, 3.8) is 0 Å². The fourth-order valence-corrected chi connectivity index (χ4v) is 3.78. The molecule has 166 valence electrons. The van der Waals surface area contributed by atoms with Gasteiger partial charge in [0.25, 0.3) is 0 Å². The standard InChI is InChI=1S/C26H22ClN3O3/c1-3-17-9-11-18(12-10-17)24(32)20-14-30(26-19(25(20)33)13-8-16(2)28-26)15-23(31)29-22-7-5-4-6-21(22)27/h4-14H,3,15H2,1-2H3,(H,29,31). The molecule has 0 fully saturated rings. The van der Waals surface area contributed by atoms with Crippen molar-refractivity contribution in [1.29, 1.82) is 0 Å². The Bertz CT molecular complexity index is 1430. The molecule has 7 heteroatoms. The van der Waals surface area contributed by atoms with E-state index in [1.54, 1.807) is 55.5 Å². The highest BCUT2D eigenvalue weighted by Gasteiger charge is 2.19. The summed E-state index contributed by atoms with van der Waals surface area (Å²) in [5.74, 6) is -0.757. The number of aromatic nitrogens is 2. The number of nitrogens with zero attached hydrogens (tertiary/aromatic N) is 2. The second kappa shape index (κ2) is 9.38. The number of fused-ring (bicyclic) bond motifs is 1. The number of aryl methyl sites for hydroxylation is 2. The number of pyridine rings is 2. The molecule has 0 aliphatic heterocycles. The quantitative estimate of drug-likeness (QED) is 0.420. The van der Waals surface area contributed by atoms with Gasteiger partial charge in [0.15, 0.2) is 5.78 Å². The van der Waals surface area contributed by atoms with E-state index in [-0.39, 0.29) is 23.4 Å². The van der Waals surface area contributed by atoms with E-state index < -0.39 is 11.2 Å². The van der Waals surface area contributed by atoms with Crippen molar-refractivity contribution in [1.82, 2.24) is 9.55 Å². The number of halogens is 1. The number of benzene rings is 2. The summed E-state index contributed by atoms with van der Waals surface area (Å²) in [6.07, 6.45) is 2.27. The normalized spacial score (nSPS) is 10.9. The Morgan fingerprint density at radius 1 is 1.03 bits per heavy atom. The summed E-state index contributed by atoms with van der Waals surface area (Å²) in [7, 11) is 0. The fraction of sp³-hybridized carbons (Fsp3) is 0.154. The minimum Gasteiger partial charge on any atom is -0.323 e. The lowest BCUT2D eigenvalue weighted by atomic mass is 10.0. The van der Waals surface area contributed by atoms with Crippen LogP contribution in [0.25, 0.3) is 11.0 Å². The van der Waals surface area contributed by atoms with Crippen molar-refractivity contribution < 1.29 is 9.59 Å². The maximum atomic E-state index is 13.2. The summed E-state index contributed by atoms with van der Waals surface area (Å²) in [5.41, 5.74) is 2.59. The molecule has 0 unspecified atom stereocenters. The van der Waals surface area contributed by atoms with Gasteiger partial charge in [0, 0.05) is 17.5 Å². The lowest BCUT2D eigenvalue weighted by Gasteiger charge is -2.14. The third-order valence-corrected chi connectivity index (χ3v) is 5.72. The number of para-hydroxylation sites is 1. The van der Waals surface area contributed by atoms with Crippen LogP contribution in [-0.2, 0) is 17.8 Å². The van der Waals surface area contributed by atoms with Gasteiger partial charge in [-0.3, -0.25) is 14.4 Å². The van der Waals surface area contributed by atoms with E-state index in [9.17, 15) is 14.4 Å². The largest absolute Gasteiger partial charge is 0.323 e. The molecule has 0 saturated heterocycles. The van der Waals surface area contributed by atoms with Crippen LogP contribution >= 0.6 is 11.6 Å². The van der Waals surface area contributed by atoms with Gasteiger partial charge in [-0.15, -0.1) is 0 Å². The lowest BCUT2D eigenvalue weighted by Crippen LogP contribution is -2.25. The molecule has 2 aromatic carbocycles. The van der Waals surface area contributed by atoms with Crippen molar-refractivity contribution in [2.24, 2.45) is 0 Å². The van der Waals surface area contributed by atoms with Crippen LogP contribution in [0.5, 0.6) is 0 Å². The Morgan fingerprint density at radius 3 is 2.45 bits per heavy atom. The van der Waals surface area contributed by atoms with Crippen LogP contribution in [0, 0.1) is 6.92 Å². The molecule has 0 spiro atoms. The van der Waals surface area contributed by atoms with Gasteiger partial charge in [0.2, 0.25) is 11.3 Å². The summed E-state index contributed by atoms with van der Waals surface area (Å²) in [4.78, 5) is 43.6. The van der Waals surface area contributed by atoms with E-state index in [4.69, 9.17) is 11.6 Å². The molecule has 0 aliphatic rings. The van der Waals surface area contributed by atoms with Gasteiger partial charge in [0.1, 0.15) is 12.2 Å². The van der Waals surface area contributed by atoms with Gasteiger partial charge in [-0.25, -0.2) is 4.98 Å². The van der Waals surface area contributed by atoms with Crippen LogP contribution in [0.15, 0.2) is 71.7 Å². The summed E-state index contributed by atoms with van der Waals surface area (Å²) < 4.78 is 1.53. The highest BCUT2D eigenvalue weighted by atomic mass is 35.5. The number of amides is 1. The minimum absolute atomic E-state index is 0.0112. The first-order chi connectivity index (χ1) is 15.9. The predicted molar refractivity (Wildman–Crippen MR) is 130 cm³/mol. The molecule has 2 aromatic heterocycles. The number of rotatable bonds is 6. The number of ketones is 1. The predicted octanol–water partition coefficient (Wildman–Crippen LogP) is 4.79. The van der Waals surface area contributed by atoms with E-state index in [1.807, 2.05) is 19.1 Å². The lowest BCUT2D eigenvalue weighted by molar-refractivity contribution is -0.116. The molecule has 6 nitrogen and oxygen atoms in total. The number of carbonyl (C=O) groups excluding carboxylic acids is 2. The molecule has 0 saturated carbocycles. The molecule has 1 amide bonds. The molecule has 33 heavy (non-hydrogen) atoms. The van der Waals surface area contributed by atoms with Crippen LogP contribution in [0.3, 0.4) is 0 Å². The van der Waals surface area contributed by atoms with Gasteiger partial charge < -0.3 is 9.88 Å². The van der Waals surface area contributed by atoms with Crippen LogP contribution in [-0.4, -0.2) is 21.2 Å². The van der Waals surface area contributed by atoms with E-state index in [2.05, 4.69) is 10.3 Å². The zero-order valence-electron chi connectivity index (χ0n) is 18.3. The SMILES string of the molecule is CCc1ccc(C(=O)c2cn(CC(=O)Nc3ccccc3Cl)c3nc(C)ccc3c2=O)cc1. The molecule has 4 rings (SSSR count). The second-order valence-electron chi connectivity index (χ2n) is 7.73. The van der Waals surface area contributed by atoms with E-state index in [1.165, 1.54) is 10.8 Å². The molecule has 0 aliphatic carbocycles. The first kappa shape index (κ1) is 22.4. The topological polar surface area (TPSA) is 81.1 Å². The average Bonchev–Trinajstić information content (AvgIpc) is 2.82. The number of anilines is 1. The monoisotopic (exact) mass is 459 g/mol. The molecule has 2 heterocycles. The van der Waals surface area contributed by atoms with Crippen molar-refractivity contribution in [3.05, 3.63) is 104 Å². The Hall–Kier alpha value is -3.77. The summed E-state index contributed by atoms with van der Waals surface area (Å²) in [6, 6.07) is 17.4. The Kier molecular flexibility index (Phi) is 6.38. The number of nitrogens with one attached hydrogen (secondary N) is 1. The number of hydrogen-bond donors (Lipinski definition) is 1. The zero-order valence-corrected chi connectivity index (χ0v) is 19.0. The second-order valence-corrected chi connectivity index (χ2v) is 8.14. The summed E-state index contributed by atoms with van der Waals surface area (Å²) >= 11 is 6.14. The maximum absolute atomic E-state index is 13.2. The highest BCUT2D eigenvalue weighted by Crippen LogP contribution is 2.21. The first-order valence-corrected chi connectivity index (χ1v) is 10.9. The molecule has 0 bridgehead atoms. The molecule has 0 atom stereocenters. The van der Waals surface area contributed by atoms with Crippen LogP contribution in [0.2, 0.25) is 5.02 Å². The summed E-state index contributed by atoms with van der Waals surface area (Å²) in [5, 5.41) is 3.46. The number of carbonyl (C=O) groups is 2. The maximum Gasteiger partial charge on any atom is 0.244 e. The zero-order chi connectivity index (χ0) is 23.5. The average molecular weight is 460 g/mol. The van der Waals surface area contributed by atoms with Crippen LogP contribution in [0.1, 0.15) is 34.1 Å². The van der Waals surface area contributed by atoms with Gasteiger partial charge >= 0.3 is 0 Å². The highest BCUT2D eigenvalue weighted by molar-refractivity contribution is 6.33. The third kappa shape index (κ3) is 4.71. The smallest absolute Gasteiger partial charge is 0.244 e. The first-order valence-electron chi connectivity index (χ1n) is 10.6. The molecule has 1 N–H and O–H groups in total. The minimum atomic E-state index is -0.412. The molecule has 4 aromatic rings. The van der Waals surface area contributed by atoms with Gasteiger partial charge in [0.05, 0.1) is 21.7 Å². The Labute approximate surface area is 195 Å². The van der Waals surface area contributed by atoms with Crippen molar-refractivity contribution in [3.8, 4) is 0 Å². The van der Waals surface area contributed by atoms with Gasteiger partial charge in [-0.2, -0.15) is 0 Å².